The van der Waals surface area contributed by atoms with Gasteiger partial charge in [0.25, 0.3) is 0 Å². The summed E-state index contributed by atoms with van der Waals surface area (Å²) in [6.07, 6.45) is 3.60. The van der Waals surface area contributed by atoms with Crippen LogP contribution in [0.1, 0.15) is 17.7 Å². The molecule has 0 spiro atoms. The highest BCUT2D eigenvalue weighted by molar-refractivity contribution is 7.13. The first-order chi connectivity index (χ1) is 15.6. The number of anilines is 2. The molecule has 9 heteroatoms. The van der Waals surface area contributed by atoms with Gasteiger partial charge in [-0.1, -0.05) is 35.9 Å². The molecular weight excluding hydrogens is 446 g/mol. The summed E-state index contributed by atoms with van der Waals surface area (Å²) in [6, 6.07) is 14.6. The summed E-state index contributed by atoms with van der Waals surface area (Å²) >= 11 is 7.23. The fourth-order valence-electron chi connectivity index (χ4n) is 3.31. The van der Waals surface area contributed by atoms with Gasteiger partial charge in [0.2, 0.25) is 5.91 Å². The zero-order chi connectivity index (χ0) is 22.3. The number of H-pyrrole nitrogens is 1. The molecule has 0 aliphatic heterocycles. The topological polar surface area (TPSA) is 98.9 Å². The van der Waals surface area contributed by atoms with Crippen LogP contribution in [0.2, 0.25) is 5.02 Å². The van der Waals surface area contributed by atoms with Crippen molar-refractivity contribution >= 4 is 56.6 Å². The Balaban J connectivity index is 1.19. The maximum absolute atomic E-state index is 12.2. The number of rotatable bonds is 8. The number of amides is 3. The highest BCUT2D eigenvalue weighted by Gasteiger charge is 2.09. The van der Waals surface area contributed by atoms with Crippen LogP contribution < -0.4 is 16.0 Å². The minimum Gasteiger partial charge on any atom is -0.361 e. The largest absolute Gasteiger partial charge is 0.361 e. The Morgan fingerprint density at radius 2 is 1.94 bits per heavy atom. The van der Waals surface area contributed by atoms with Gasteiger partial charge in [-0.2, -0.15) is 0 Å². The van der Waals surface area contributed by atoms with Crippen LogP contribution in [0.4, 0.5) is 15.6 Å². The van der Waals surface area contributed by atoms with E-state index in [-0.39, 0.29) is 5.91 Å². The second-order valence-corrected chi connectivity index (χ2v) is 8.49. The number of benzene rings is 2. The summed E-state index contributed by atoms with van der Waals surface area (Å²) in [5.41, 5.74) is 3.64. The number of aryl methyl sites for hydroxylation is 1. The number of thiazole rings is 1. The zero-order valence-electron chi connectivity index (χ0n) is 17.2. The smallest absolute Gasteiger partial charge is 0.325 e. The van der Waals surface area contributed by atoms with E-state index in [9.17, 15) is 9.59 Å². The van der Waals surface area contributed by atoms with Gasteiger partial charge in [0, 0.05) is 46.2 Å². The third kappa shape index (κ3) is 5.87. The quantitative estimate of drug-likeness (QED) is 0.286. The molecule has 4 rings (SSSR count). The van der Waals surface area contributed by atoms with Gasteiger partial charge in [0.05, 0.1) is 5.69 Å². The van der Waals surface area contributed by atoms with E-state index in [0.29, 0.717) is 35.2 Å². The molecule has 164 valence electrons. The minimum absolute atomic E-state index is 0.0222. The second-order valence-electron chi connectivity index (χ2n) is 7.19. The molecule has 0 radical (unpaired) electrons. The van der Waals surface area contributed by atoms with Crippen molar-refractivity contribution in [3.05, 3.63) is 76.4 Å². The van der Waals surface area contributed by atoms with Gasteiger partial charge in [-0.15, -0.1) is 11.3 Å². The van der Waals surface area contributed by atoms with Crippen molar-refractivity contribution in [1.29, 1.82) is 0 Å². The van der Waals surface area contributed by atoms with E-state index in [2.05, 4.69) is 32.0 Å². The average Bonchev–Trinajstić information content (AvgIpc) is 3.39. The average molecular weight is 468 g/mol. The Morgan fingerprint density at radius 3 is 2.81 bits per heavy atom. The Morgan fingerprint density at radius 1 is 1.06 bits per heavy atom. The van der Waals surface area contributed by atoms with Crippen molar-refractivity contribution in [3.63, 3.8) is 0 Å². The Hall–Kier alpha value is -3.36. The normalized spacial score (nSPS) is 10.8. The lowest BCUT2D eigenvalue weighted by Gasteiger charge is -2.05. The van der Waals surface area contributed by atoms with E-state index in [1.165, 1.54) is 22.3 Å². The molecular formula is C23H22ClN5O2S. The fraction of sp³-hybridized carbons (Fsp3) is 0.174. The number of aromatic nitrogens is 2. The number of hydrogen-bond acceptors (Lipinski definition) is 4. The number of hydrogen-bond donors (Lipinski definition) is 4. The van der Waals surface area contributed by atoms with Crippen molar-refractivity contribution < 1.29 is 9.59 Å². The van der Waals surface area contributed by atoms with Crippen molar-refractivity contribution in [2.24, 2.45) is 0 Å². The fourth-order valence-corrected chi connectivity index (χ4v) is 4.24. The third-order valence-corrected chi connectivity index (χ3v) is 5.90. The summed E-state index contributed by atoms with van der Waals surface area (Å²) in [6.45, 7) is 0.578. The summed E-state index contributed by atoms with van der Waals surface area (Å²) in [4.78, 5) is 31.9. The minimum atomic E-state index is -0.400. The van der Waals surface area contributed by atoms with Gasteiger partial charge in [0.1, 0.15) is 0 Å². The standard InChI is InChI=1S/C23H22ClN5O2S/c24-16-4-3-5-17(12-16)27-22(31)29-23-28-18(14-32-23)8-9-21(30)25-11-10-15-13-26-20-7-2-1-6-19(15)20/h1-7,12-14,26H,8-11H2,(H,25,30)(H2,27,28,29,31). The number of halogens is 1. The van der Waals surface area contributed by atoms with E-state index in [1.807, 2.05) is 29.8 Å². The van der Waals surface area contributed by atoms with Crippen LogP contribution in [0, 0.1) is 0 Å². The highest BCUT2D eigenvalue weighted by Crippen LogP contribution is 2.19. The predicted octanol–water partition coefficient (Wildman–Crippen LogP) is 5.21. The Kier molecular flexibility index (Phi) is 7.03. The molecule has 7 nitrogen and oxygen atoms in total. The molecule has 2 heterocycles. The number of urea groups is 1. The molecule has 0 atom stereocenters. The number of nitrogens with zero attached hydrogens (tertiary/aromatic N) is 1. The lowest BCUT2D eigenvalue weighted by molar-refractivity contribution is -0.121. The monoisotopic (exact) mass is 467 g/mol. The lowest BCUT2D eigenvalue weighted by Crippen LogP contribution is -2.25. The molecule has 4 aromatic rings. The van der Waals surface area contributed by atoms with Crippen LogP contribution in [-0.4, -0.2) is 28.5 Å². The molecule has 4 N–H and O–H groups in total. The van der Waals surface area contributed by atoms with Crippen molar-refractivity contribution in [3.8, 4) is 0 Å². The predicted molar refractivity (Wildman–Crippen MR) is 130 cm³/mol. The Labute approximate surface area is 194 Å². The Bertz CT molecular complexity index is 1240. The number of para-hydroxylation sites is 1. The molecule has 0 aliphatic rings. The van der Waals surface area contributed by atoms with Crippen LogP contribution in [0.3, 0.4) is 0 Å². The first-order valence-corrected chi connectivity index (χ1v) is 11.4. The molecule has 0 bridgehead atoms. The maximum Gasteiger partial charge on any atom is 0.325 e. The third-order valence-electron chi connectivity index (χ3n) is 4.85. The van der Waals surface area contributed by atoms with Gasteiger partial charge in [-0.3, -0.25) is 10.1 Å². The SMILES string of the molecule is O=C(CCc1csc(NC(=O)Nc2cccc(Cl)c2)n1)NCCc1c[nH]c2ccccc12. The number of carbonyl (C=O) groups is 2. The molecule has 0 saturated carbocycles. The van der Waals surface area contributed by atoms with Crippen LogP contribution in [0.5, 0.6) is 0 Å². The van der Waals surface area contributed by atoms with E-state index in [1.54, 1.807) is 24.3 Å². The van der Waals surface area contributed by atoms with Crippen molar-refractivity contribution in [1.82, 2.24) is 15.3 Å². The van der Waals surface area contributed by atoms with Gasteiger partial charge < -0.3 is 15.6 Å². The van der Waals surface area contributed by atoms with Crippen molar-refractivity contribution in [2.75, 3.05) is 17.2 Å². The molecule has 0 unspecified atom stereocenters. The van der Waals surface area contributed by atoms with Crippen LogP contribution >= 0.6 is 22.9 Å². The zero-order valence-corrected chi connectivity index (χ0v) is 18.7. The highest BCUT2D eigenvalue weighted by atomic mass is 35.5. The number of nitrogens with one attached hydrogen (secondary N) is 4. The van der Waals surface area contributed by atoms with E-state index in [0.717, 1.165) is 17.6 Å². The maximum atomic E-state index is 12.2. The first-order valence-electron chi connectivity index (χ1n) is 10.2. The molecule has 0 fully saturated rings. The molecule has 0 aliphatic carbocycles. The van der Waals surface area contributed by atoms with E-state index >= 15 is 0 Å². The first kappa shape index (κ1) is 21.9. The van der Waals surface area contributed by atoms with E-state index < -0.39 is 6.03 Å². The van der Waals surface area contributed by atoms with Gasteiger partial charge in [-0.05, 0) is 42.7 Å². The number of aromatic amines is 1. The number of fused-ring (bicyclic) bond motifs is 1. The number of carbonyl (C=O) groups excluding carboxylic acids is 2. The van der Waals surface area contributed by atoms with Gasteiger partial charge >= 0.3 is 6.03 Å². The van der Waals surface area contributed by atoms with E-state index in [4.69, 9.17) is 11.6 Å². The summed E-state index contributed by atoms with van der Waals surface area (Å²) in [7, 11) is 0. The summed E-state index contributed by atoms with van der Waals surface area (Å²) < 4.78 is 0. The molecule has 2 aromatic carbocycles. The molecule has 0 saturated heterocycles. The van der Waals surface area contributed by atoms with Crippen LogP contribution in [0.25, 0.3) is 10.9 Å². The van der Waals surface area contributed by atoms with Crippen LogP contribution in [-0.2, 0) is 17.6 Å². The lowest BCUT2D eigenvalue weighted by atomic mass is 10.1. The molecule has 3 amide bonds. The van der Waals surface area contributed by atoms with Crippen LogP contribution in [0.15, 0.2) is 60.1 Å². The van der Waals surface area contributed by atoms with Crippen molar-refractivity contribution in [2.45, 2.75) is 19.3 Å². The van der Waals surface area contributed by atoms with Gasteiger partial charge in [0.15, 0.2) is 5.13 Å². The second kappa shape index (κ2) is 10.3. The summed E-state index contributed by atoms with van der Waals surface area (Å²) in [5, 5.41) is 12.4. The summed E-state index contributed by atoms with van der Waals surface area (Å²) in [5.74, 6) is -0.0222. The van der Waals surface area contributed by atoms with Gasteiger partial charge in [-0.25, -0.2) is 9.78 Å². The molecule has 2 aromatic heterocycles. The molecule has 32 heavy (non-hydrogen) atoms.